The van der Waals surface area contributed by atoms with Crippen molar-refractivity contribution in [2.45, 2.75) is 65.5 Å². The van der Waals surface area contributed by atoms with E-state index in [2.05, 4.69) is 19.2 Å². The number of hydrogen-bond donors (Lipinski definition) is 1. The van der Waals surface area contributed by atoms with Crippen LogP contribution in [0.4, 0.5) is 0 Å². The second-order valence-corrected chi connectivity index (χ2v) is 8.84. The Kier molecular flexibility index (Phi) is 7.76. The molecule has 2 amide bonds. The number of hydrogen-bond acceptors (Lipinski definition) is 3. The molecular weight excluding hydrogens is 376 g/mol. The van der Waals surface area contributed by atoms with Crippen LogP contribution in [-0.2, 0) is 9.59 Å². The molecule has 0 bridgehead atoms. The maximum Gasteiger partial charge on any atom is 0.263 e. The molecule has 1 saturated heterocycles. The Balaban J connectivity index is 1.83. The summed E-state index contributed by atoms with van der Waals surface area (Å²) in [5.74, 6) is 1.40. The van der Waals surface area contributed by atoms with Gasteiger partial charge < -0.3 is 15.0 Å². The van der Waals surface area contributed by atoms with Gasteiger partial charge in [0.15, 0.2) is 6.10 Å². The molecular formula is C22H33ClN2O3. The first-order valence-corrected chi connectivity index (χ1v) is 10.6. The molecule has 0 aromatic heterocycles. The van der Waals surface area contributed by atoms with Crippen molar-refractivity contribution >= 4 is 23.4 Å². The number of amides is 2. The van der Waals surface area contributed by atoms with Gasteiger partial charge in [0.05, 0.1) is 5.41 Å². The molecule has 1 atom stereocenters. The van der Waals surface area contributed by atoms with Gasteiger partial charge in [0, 0.05) is 25.0 Å². The molecule has 1 aliphatic rings. The van der Waals surface area contributed by atoms with Gasteiger partial charge in [-0.2, -0.15) is 0 Å². The van der Waals surface area contributed by atoms with Crippen LogP contribution in [0.3, 0.4) is 0 Å². The van der Waals surface area contributed by atoms with E-state index in [9.17, 15) is 9.59 Å². The molecule has 5 nitrogen and oxygen atoms in total. The average molecular weight is 409 g/mol. The van der Waals surface area contributed by atoms with Crippen molar-refractivity contribution in [1.82, 2.24) is 10.2 Å². The van der Waals surface area contributed by atoms with Crippen LogP contribution in [0, 0.1) is 5.41 Å². The van der Waals surface area contributed by atoms with Gasteiger partial charge in [0.2, 0.25) is 5.91 Å². The molecule has 28 heavy (non-hydrogen) atoms. The Morgan fingerprint density at radius 3 is 2.25 bits per heavy atom. The zero-order chi connectivity index (χ0) is 20.9. The third kappa shape index (κ3) is 5.87. The summed E-state index contributed by atoms with van der Waals surface area (Å²) < 4.78 is 5.84. The first kappa shape index (κ1) is 22.5. The maximum absolute atomic E-state index is 12.7. The third-order valence-corrected chi connectivity index (χ3v) is 5.97. The highest BCUT2D eigenvalue weighted by Gasteiger charge is 2.31. The van der Waals surface area contributed by atoms with Crippen molar-refractivity contribution in [3.8, 4) is 5.75 Å². The average Bonchev–Trinajstić information content (AvgIpc) is 2.68. The monoisotopic (exact) mass is 408 g/mol. The fraction of sp³-hybridized carbons (Fsp3) is 0.636. The van der Waals surface area contributed by atoms with Crippen molar-refractivity contribution in [3.05, 3.63) is 29.8 Å². The predicted octanol–water partition coefficient (Wildman–Crippen LogP) is 3.95. The zero-order valence-electron chi connectivity index (χ0n) is 17.6. The number of halogens is 1. The van der Waals surface area contributed by atoms with Gasteiger partial charge in [-0.1, -0.05) is 26.0 Å². The minimum atomic E-state index is -0.581. The van der Waals surface area contributed by atoms with E-state index in [1.54, 1.807) is 6.92 Å². The number of benzene rings is 1. The van der Waals surface area contributed by atoms with E-state index < -0.39 is 11.5 Å². The number of ether oxygens (including phenoxy) is 1. The van der Waals surface area contributed by atoms with Crippen molar-refractivity contribution in [2.75, 3.05) is 19.0 Å². The van der Waals surface area contributed by atoms with Crippen LogP contribution >= 0.6 is 11.6 Å². The van der Waals surface area contributed by atoms with Crippen LogP contribution in [0.15, 0.2) is 24.3 Å². The summed E-state index contributed by atoms with van der Waals surface area (Å²) in [4.78, 5) is 26.8. The summed E-state index contributed by atoms with van der Waals surface area (Å²) in [5.41, 5.74) is 0.662. The van der Waals surface area contributed by atoms with E-state index in [4.69, 9.17) is 16.3 Å². The summed E-state index contributed by atoms with van der Waals surface area (Å²) in [5, 5.41) is 3.06. The largest absolute Gasteiger partial charge is 0.481 e. The maximum atomic E-state index is 12.7. The first-order chi connectivity index (χ1) is 13.1. The molecule has 1 fully saturated rings. The smallest absolute Gasteiger partial charge is 0.263 e. The molecule has 0 saturated carbocycles. The van der Waals surface area contributed by atoms with Gasteiger partial charge >= 0.3 is 0 Å². The number of alkyl halides is 1. The molecule has 1 aliphatic heterocycles. The topological polar surface area (TPSA) is 58.6 Å². The Hall–Kier alpha value is -1.75. The van der Waals surface area contributed by atoms with Crippen molar-refractivity contribution < 1.29 is 14.3 Å². The van der Waals surface area contributed by atoms with E-state index in [1.807, 2.05) is 43.0 Å². The van der Waals surface area contributed by atoms with Crippen LogP contribution in [0.1, 0.15) is 58.9 Å². The van der Waals surface area contributed by atoms with Gasteiger partial charge in [0.25, 0.3) is 5.91 Å². The molecule has 156 valence electrons. The van der Waals surface area contributed by atoms with E-state index in [0.717, 1.165) is 12.8 Å². The van der Waals surface area contributed by atoms with Crippen LogP contribution < -0.4 is 10.1 Å². The fourth-order valence-corrected chi connectivity index (χ4v) is 3.25. The van der Waals surface area contributed by atoms with E-state index >= 15 is 0 Å². The minimum Gasteiger partial charge on any atom is -0.481 e. The standard InChI is InChI=1S/C22H33ClN2O3/c1-15(2)17-6-8-19(9-7-17)28-16(3)20(26)25-12-10-18(11-13-25)24-21(27)22(4,5)14-23/h6-9,15-16,18H,10-14H2,1-5H3,(H,24,27). The number of carbonyl (C=O) groups is 2. The normalized spacial score (nSPS) is 16.8. The first-order valence-electron chi connectivity index (χ1n) is 10.1. The highest BCUT2D eigenvalue weighted by molar-refractivity contribution is 6.19. The minimum absolute atomic E-state index is 0.0150. The van der Waals surface area contributed by atoms with Crippen LogP contribution in [0.2, 0.25) is 0 Å². The summed E-state index contributed by atoms with van der Waals surface area (Å²) >= 11 is 5.87. The highest BCUT2D eigenvalue weighted by atomic mass is 35.5. The Labute approximate surface area is 173 Å². The highest BCUT2D eigenvalue weighted by Crippen LogP contribution is 2.21. The molecule has 1 aromatic carbocycles. The SMILES string of the molecule is CC(Oc1ccc(C(C)C)cc1)C(=O)N1CCC(NC(=O)C(C)(C)CCl)CC1. The lowest BCUT2D eigenvalue weighted by atomic mass is 9.93. The van der Waals surface area contributed by atoms with Crippen molar-refractivity contribution in [2.24, 2.45) is 5.41 Å². The molecule has 1 N–H and O–H groups in total. The lowest BCUT2D eigenvalue weighted by Crippen LogP contribution is -2.51. The van der Waals surface area contributed by atoms with Gasteiger partial charge in [0.1, 0.15) is 5.75 Å². The summed E-state index contributed by atoms with van der Waals surface area (Å²) in [7, 11) is 0. The van der Waals surface area contributed by atoms with Gasteiger partial charge in [-0.15, -0.1) is 11.6 Å². The van der Waals surface area contributed by atoms with E-state index in [1.165, 1.54) is 5.56 Å². The van der Waals surface area contributed by atoms with Crippen molar-refractivity contribution in [3.63, 3.8) is 0 Å². The van der Waals surface area contributed by atoms with Gasteiger partial charge in [-0.3, -0.25) is 9.59 Å². The lowest BCUT2D eigenvalue weighted by Gasteiger charge is -2.35. The second kappa shape index (κ2) is 9.64. The molecule has 1 heterocycles. The molecule has 1 aromatic rings. The number of nitrogens with zero attached hydrogens (tertiary/aromatic N) is 1. The summed E-state index contributed by atoms with van der Waals surface area (Å²) in [6, 6.07) is 7.99. The molecule has 1 unspecified atom stereocenters. The zero-order valence-corrected chi connectivity index (χ0v) is 18.4. The van der Waals surface area contributed by atoms with Crippen LogP contribution in [-0.4, -0.2) is 47.8 Å². The third-order valence-electron chi connectivity index (χ3n) is 5.30. The summed E-state index contributed by atoms with van der Waals surface area (Å²) in [6.07, 6.45) is 0.948. The van der Waals surface area contributed by atoms with Crippen LogP contribution in [0.25, 0.3) is 0 Å². The molecule has 0 spiro atoms. The Morgan fingerprint density at radius 1 is 1.18 bits per heavy atom. The molecule has 0 aliphatic carbocycles. The van der Waals surface area contributed by atoms with Crippen molar-refractivity contribution in [1.29, 1.82) is 0 Å². The Bertz CT molecular complexity index is 665. The molecule has 2 rings (SSSR count). The van der Waals surface area contributed by atoms with Crippen LogP contribution in [0.5, 0.6) is 5.75 Å². The molecule has 0 radical (unpaired) electrons. The predicted molar refractivity (Wildman–Crippen MR) is 113 cm³/mol. The van der Waals surface area contributed by atoms with Gasteiger partial charge in [-0.05, 0) is 57.2 Å². The van der Waals surface area contributed by atoms with Gasteiger partial charge in [-0.25, -0.2) is 0 Å². The lowest BCUT2D eigenvalue weighted by molar-refractivity contribution is -0.139. The number of piperidine rings is 1. The Morgan fingerprint density at radius 2 is 1.75 bits per heavy atom. The van der Waals surface area contributed by atoms with E-state index in [0.29, 0.717) is 24.8 Å². The number of nitrogens with one attached hydrogen (secondary N) is 1. The fourth-order valence-electron chi connectivity index (χ4n) is 3.13. The number of likely N-dealkylation sites (tertiary alicyclic amines) is 1. The number of carbonyl (C=O) groups excluding carboxylic acids is 2. The quantitative estimate of drug-likeness (QED) is 0.695. The second-order valence-electron chi connectivity index (χ2n) is 8.57. The summed E-state index contributed by atoms with van der Waals surface area (Å²) in [6.45, 7) is 11.0. The number of rotatable bonds is 7. The van der Waals surface area contributed by atoms with E-state index in [-0.39, 0.29) is 23.7 Å². The molecule has 6 heteroatoms.